The highest BCUT2D eigenvalue weighted by Gasteiger charge is 2.15. The summed E-state index contributed by atoms with van der Waals surface area (Å²) >= 11 is 5.88. The number of nitrogens with one attached hydrogen (secondary N) is 1. The Kier molecular flexibility index (Phi) is 6.19. The molecule has 142 valence electrons. The molecule has 1 N–H and O–H groups in total. The smallest absolute Gasteiger partial charge is 0.226 e. The molecule has 0 spiro atoms. The molecular weight excluding hydrogens is 368 g/mol. The lowest BCUT2D eigenvalue weighted by Gasteiger charge is -2.21. The molecule has 0 bridgehead atoms. The van der Waals surface area contributed by atoms with Gasteiger partial charge in [0.2, 0.25) is 11.8 Å². The summed E-state index contributed by atoms with van der Waals surface area (Å²) in [5, 5.41) is 3.47. The van der Waals surface area contributed by atoms with Gasteiger partial charge in [0.15, 0.2) is 11.5 Å². The Morgan fingerprint density at radius 2 is 1.78 bits per heavy atom. The zero-order valence-corrected chi connectivity index (χ0v) is 15.8. The van der Waals surface area contributed by atoms with Crippen LogP contribution in [0.1, 0.15) is 18.9 Å². The van der Waals surface area contributed by atoms with E-state index >= 15 is 0 Å². The number of benzene rings is 2. The Morgan fingerprint density at radius 3 is 2.48 bits per heavy atom. The first-order chi connectivity index (χ1) is 13.0. The van der Waals surface area contributed by atoms with Crippen molar-refractivity contribution in [2.24, 2.45) is 0 Å². The van der Waals surface area contributed by atoms with Crippen LogP contribution >= 0.6 is 11.6 Å². The molecule has 0 radical (unpaired) electrons. The number of anilines is 1. The summed E-state index contributed by atoms with van der Waals surface area (Å²) in [7, 11) is 0. The van der Waals surface area contributed by atoms with Gasteiger partial charge in [0.25, 0.3) is 0 Å². The van der Waals surface area contributed by atoms with Gasteiger partial charge in [0, 0.05) is 43.2 Å². The maximum absolute atomic E-state index is 12.3. The first-order valence-electron chi connectivity index (χ1n) is 8.71. The third-order valence-corrected chi connectivity index (χ3v) is 4.42. The number of ether oxygens (including phenoxy) is 2. The minimum atomic E-state index is -0.172. The minimum Gasteiger partial charge on any atom is -0.486 e. The lowest BCUT2D eigenvalue weighted by molar-refractivity contribution is -0.129. The minimum absolute atomic E-state index is 0.0860. The van der Waals surface area contributed by atoms with Crippen molar-refractivity contribution in [1.29, 1.82) is 0 Å². The molecular formula is C20H21ClN2O4. The third kappa shape index (κ3) is 5.37. The average molecular weight is 389 g/mol. The molecule has 1 heterocycles. The number of amides is 2. The highest BCUT2D eigenvalue weighted by atomic mass is 35.5. The quantitative estimate of drug-likeness (QED) is 0.822. The third-order valence-electron chi connectivity index (χ3n) is 4.17. The normalized spacial score (nSPS) is 12.4. The highest BCUT2D eigenvalue weighted by Crippen LogP contribution is 2.32. The van der Waals surface area contributed by atoms with E-state index in [9.17, 15) is 9.59 Å². The summed E-state index contributed by atoms with van der Waals surface area (Å²) in [5.74, 6) is 1.03. The van der Waals surface area contributed by atoms with Crippen molar-refractivity contribution < 1.29 is 19.1 Å². The Balaban J connectivity index is 1.54. The lowest BCUT2D eigenvalue weighted by atomic mass is 10.2. The van der Waals surface area contributed by atoms with Gasteiger partial charge in [0.1, 0.15) is 13.2 Å². The Hall–Kier alpha value is -2.73. The zero-order valence-electron chi connectivity index (χ0n) is 15.0. The fourth-order valence-corrected chi connectivity index (χ4v) is 2.87. The number of hydrogen-bond donors (Lipinski definition) is 1. The highest BCUT2D eigenvalue weighted by molar-refractivity contribution is 6.30. The Morgan fingerprint density at radius 1 is 1.07 bits per heavy atom. The molecule has 3 rings (SSSR count). The van der Waals surface area contributed by atoms with Gasteiger partial charge in [-0.3, -0.25) is 9.59 Å². The van der Waals surface area contributed by atoms with E-state index in [1.807, 2.05) is 12.1 Å². The summed E-state index contributed by atoms with van der Waals surface area (Å²) < 4.78 is 11.0. The van der Waals surface area contributed by atoms with Crippen molar-refractivity contribution >= 4 is 29.1 Å². The molecule has 6 nitrogen and oxygen atoms in total. The van der Waals surface area contributed by atoms with Crippen LogP contribution in [0.3, 0.4) is 0 Å². The van der Waals surface area contributed by atoms with E-state index in [1.54, 1.807) is 35.2 Å². The van der Waals surface area contributed by atoms with Gasteiger partial charge in [-0.2, -0.15) is 0 Å². The first-order valence-corrected chi connectivity index (χ1v) is 9.08. The molecule has 0 aromatic heterocycles. The summed E-state index contributed by atoms with van der Waals surface area (Å²) in [6, 6.07) is 12.6. The van der Waals surface area contributed by atoms with Crippen LogP contribution in [0.15, 0.2) is 42.5 Å². The van der Waals surface area contributed by atoms with Crippen molar-refractivity contribution in [2.75, 3.05) is 25.1 Å². The summed E-state index contributed by atoms with van der Waals surface area (Å²) in [6.45, 7) is 3.27. The maximum atomic E-state index is 12.3. The Bertz CT molecular complexity index is 823. The second-order valence-corrected chi connectivity index (χ2v) is 6.66. The lowest BCUT2D eigenvalue weighted by Crippen LogP contribution is -2.31. The molecule has 1 aliphatic heterocycles. The van der Waals surface area contributed by atoms with Gasteiger partial charge in [-0.05, 0) is 29.8 Å². The van der Waals surface area contributed by atoms with Crippen LogP contribution in [0.25, 0.3) is 0 Å². The standard InChI is InChI=1S/C20H21ClN2O4/c1-14(24)23(13-15-2-4-16(21)5-3-15)9-8-20(25)22-17-6-7-18-19(12-17)27-11-10-26-18/h2-7,12H,8-11,13H2,1H3,(H,22,25). The molecule has 2 aromatic carbocycles. The van der Waals surface area contributed by atoms with Gasteiger partial charge < -0.3 is 19.7 Å². The topological polar surface area (TPSA) is 67.9 Å². The van der Waals surface area contributed by atoms with Crippen LogP contribution < -0.4 is 14.8 Å². The molecule has 7 heteroatoms. The van der Waals surface area contributed by atoms with E-state index in [2.05, 4.69) is 5.32 Å². The van der Waals surface area contributed by atoms with E-state index in [-0.39, 0.29) is 18.2 Å². The molecule has 1 aliphatic rings. The van der Waals surface area contributed by atoms with E-state index in [1.165, 1.54) is 6.92 Å². The van der Waals surface area contributed by atoms with Crippen molar-refractivity contribution in [3.05, 3.63) is 53.1 Å². The zero-order chi connectivity index (χ0) is 19.2. The molecule has 27 heavy (non-hydrogen) atoms. The number of carbonyl (C=O) groups is 2. The van der Waals surface area contributed by atoms with Gasteiger partial charge in [-0.1, -0.05) is 23.7 Å². The predicted molar refractivity (Wildman–Crippen MR) is 103 cm³/mol. The average Bonchev–Trinajstić information content (AvgIpc) is 2.66. The maximum Gasteiger partial charge on any atom is 0.226 e. The van der Waals surface area contributed by atoms with Crippen LogP contribution in [0, 0.1) is 0 Å². The van der Waals surface area contributed by atoms with Gasteiger partial charge in [0.05, 0.1) is 0 Å². The Labute approximate surface area is 163 Å². The molecule has 0 aliphatic carbocycles. The molecule has 0 unspecified atom stereocenters. The van der Waals surface area contributed by atoms with Crippen LogP contribution in [0.5, 0.6) is 11.5 Å². The number of nitrogens with zero attached hydrogens (tertiary/aromatic N) is 1. The first kappa shape index (κ1) is 19.0. The molecule has 0 atom stereocenters. The van der Waals surface area contributed by atoms with E-state index in [0.29, 0.717) is 48.5 Å². The fourth-order valence-electron chi connectivity index (χ4n) is 2.74. The molecule has 0 fully saturated rings. The van der Waals surface area contributed by atoms with Crippen molar-refractivity contribution in [2.45, 2.75) is 19.9 Å². The monoisotopic (exact) mass is 388 g/mol. The molecule has 2 aromatic rings. The van der Waals surface area contributed by atoms with Crippen LogP contribution in [0.2, 0.25) is 5.02 Å². The molecule has 0 saturated carbocycles. The van der Waals surface area contributed by atoms with E-state index in [4.69, 9.17) is 21.1 Å². The van der Waals surface area contributed by atoms with Gasteiger partial charge >= 0.3 is 0 Å². The number of hydrogen-bond acceptors (Lipinski definition) is 4. The number of fused-ring (bicyclic) bond motifs is 1. The molecule has 2 amide bonds. The SMILES string of the molecule is CC(=O)N(CCC(=O)Nc1ccc2c(c1)OCCO2)Cc1ccc(Cl)cc1. The summed E-state index contributed by atoms with van der Waals surface area (Å²) in [4.78, 5) is 25.8. The van der Waals surface area contributed by atoms with Crippen LogP contribution in [-0.2, 0) is 16.1 Å². The second-order valence-electron chi connectivity index (χ2n) is 6.22. The summed E-state index contributed by atoms with van der Waals surface area (Å²) in [6.07, 6.45) is 0.196. The number of carbonyl (C=O) groups excluding carboxylic acids is 2. The van der Waals surface area contributed by atoms with E-state index in [0.717, 1.165) is 5.56 Å². The second kappa shape index (κ2) is 8.77. The van der Waals surface area contributed by atoms with Crippen LogP contribution in [0.4, 0.5) is 5.69 Å². The predicted octanol–water partition coefficient (Wildman–Crippen LogP) is 3.49. The number of halogens is 1. The van der Waals surface area contributed by atoms with Crippen molar-refractivity contribution in [3.8, 4) is 11.5 Å². The summed E-state index contributed by atoms with van der Waals surface area (Å²) in [5.41, 5.74) is 1.60. The molecule has 0 saturated heterocycles. The largest absolute Gasteiger partial charge is 0.486 e. The van der Waals surface area contributed by atoms with Gasteiger partial charge in [-0.25, -0.2) is 0 Å². The number of rotatable bonds is 6. The fraction of sp³-hybridized carbons (Fsp3) is 0.300. The van der Waals surface area contributed by atoms with Gasteiger partial charge in [-0.15, -0.1) is 0 Å². The van der Waals surface area contributed by atoms with Crippen molar-refractivity contribution in [1.82, 2.24) is 4.90 Å². The van der Waals surface area contributed by atoms with E-state index < -0.39 is 0 Å². The van der Waals surface area contributed by atoms with Crippen LogP contribution in [-0.4, -0.2) is 36.5 Å². The van der Waals surface area contributed by atoms with Crippen molar-refractivity contribution in [3.63, 3.8) is 0 Å².